The molecule has 2 heterocycles. The first-order chi connectivity index (χ1) is 9.66. The van der Waals surface area contributed by atoms with Crippen molar-refractivity contribution in [2.75, 3.05) is 0 Å². The number of carboxylic acids is 1. The molecule has 1 N–H and O–H groups in total. The number of carboxylic acid groups (broad SMARTS) is 1. The van der Waals surface area contributed by atoms with Crippen LogP contribution in [0.5, 0.6) is 0 Å². The lowest BCUT2D eigenvalue weighted by molar-refractivity contribution is -0.136. The Morgan fingerprint density at radius 3 is 2.75 bits per heavy atom. The molecule has 0 saturated carbocycles. The maximum absolute atomic E-state index is 11.0. The minimum absolute atomic E-state index is 0.0626. The van der Waals surface area contributed by atoms with Crippen LogP contribution in [-0.2, 0) is 11.2 Å². The number of hydrogen-bond donors (Lipinski definition) is 1. The molecule has 0 aliphatic heterocycles. The summed E-state index contributed by atoms with van der Waals surface area (Å²) in [5, 5.41) is 8.99. The van der Waals surface area contributed by atoms with E-state index < -0.39 is 5.97 Å². The van der Waals surface area contributed by atoms with E-state index in [0.29, 0.717) is 5.69 Å². The molecule has 0 saturated heterocycles. The van der Waals surface area contributed by atoms with E-state index in [1.54, 1.807) is 16.9 Å². The van der Waals surface area contributed by atoms with Gasteiger partial charge in [0.25, 0.3) is 0 Å². The maximum atomic E-state index is 11.0. The highest BCUT2D eigenvalue weighted by Crippen LogP contribution is 2.24. The molecule has 5 nitrogen and oxygen atoms in total. The summed E-state index contributed by atoms with van der Waals surface area (Å²) in [6, 6.07) is 9.82. The number of imidazole rings is 1. The zero-order valence-electron chi connectivity index (χ0n) is 10.9. The first-order valence-electron chi connectivity index (χ1n) is 6.25. The Balaban J connectivity index is 2.24. The van der Waals surface area contributed by atoms with Gasteiger partial charge in [-0.05, 0) is 12.5 Å². The molecule has 2 aromatic heterocycles. The minimum atomic E-state index is -0.875. The number of rotatable bonds is 3. The second-order valence-electron chi connectivity index (χ2n) is 4.58. The number of aromatic nitrogens is 3. The largest absolute Gasteiger partial charge is 0.481 e. The van der Waals surface area contributed by atoms with E-state index in [1.807, 2.05) is 37.3 Å². The van der Waals surface area contributed by atoms with Crippen molar-refractivity contribution in [2.45, 2.75) is 13.3 Å². The van der Waals surface area contributed by atoms with Gasteiger partial charge in [0, 0.05) is 11.8 Å². The molecule has 0 radical (unpaired) electrons. The van der Waals surface area contributed by atoms with Gasteiger partial charge in [-0.2, -0.15) is 0 Å². The Labute approximate surface area is 115 Å². The summed E-state index contributed by atoms with van der Waals surface area (Å²) < 4.78 is 1.76. The van der Waals surface area contributed by atoms with Gasteiger partial charge in [-0.25, -0.2) is 9.97 Å². The normalized spacial score (nSPS) is 10.8. The molecule has 1 aromatic carbocycles. The molecule has 5 heteroatoms. The number of nitrogens with zero attached hydrogens (tertiary/aromatic N) is 3. The zero-order chi connectivity index (χ0) is 14.1. The molecular weight excluding hydrogens is 254 g/mol. The van der Waals surface area contributed by atoms with E-state index in [9.17, 15) is 4.79 Å². The lowest BCUT2D eigenvalue weighted by atomic mass is 10.1. The van der Waals surface area contributed by atoms with Gasteiger partial charge < -0.3 is 5.11 Å². The highest BCUT2D eigenvalue weighted by molar-refractivity contribution is 5.78. The molecule has 3 rings (SSSR count). The summed E-state index contributed by atoms with van der Waals surface area (Å²) in [4.78, 5) is 19.7. The van der Waals surface area contributed by atoms with Crippen LogP contribution in [0.2, 0.25) is 0 Å². The SMILES string of the molecule is Cc1nc2c(-c3ccccc3)cncn2c1CC(=O)O. The molecule has 0 unspecified atom stereocenters. The minimum Gasteiger partial charge on any atom is -0.481 e. The van der Waals surface area contributed by atoms with Crippen LogP contribution in [-0.4, -0.2) is 25.4 Å². The van der Waals surface area contributed by atoms with E-state index in [0.717, 1.165) is 22.5 Å². The Kier molecular flexibility index (Phi) is 2.95. The lowest BCUT2D eigenvalue weighted by Gasteiger charge is -2.04. The number of carbonyl (C=O) groups is 1. The summed E-state index contributed by atoms with van der Waals surface area (Å²) in [6.45, 7) is 1.82. The second kappa shape index (κ2) is 4.77. The maximum Gasteiger partial charge on any atom is 0.309 e. The van der Waals surface area contributed by atoms with Gasteiger partial charge in [0.1, 0.15) is 12.0 Å². The standard InChI is InChI=1S/C15H13N3O2/c1-10-13(7-14(19)20)18-9-16-8-12(15(18)17-10)11-5-3-2-4-6-11/h2-6,8-9H,7H2,1H3,(H,19,20). The average molecular weight is 267 g/mol. The number of benzene rings is 1. The van der Waals surface area contributed by atoms with E-state index in [-0.39, 0.29) is 6.42 Å². The van der Waals surface area contributed by atoms with Crippen LogP contribution in [0, 0.1) is 6.92 Å². The van der Waals surface area contributed by atoms with Crippen LogP contribution in [0.25, 0.3) is 16.8 Å². The van der Waals surface area contributed by atoms with Crippen LogP contribution in [0.1, 0.15) is 11.4 Å². The van der Waals surface area contributed by atoms with Crippen LogP contribution in [0.4, 0.5) is 0 Å². The molecule has 20 heavy (non-hydrogen) atoms. The van der Waals surface area contributed by atoms with E-state index in [2.05, 4.69) is 9.97 Å². The molecular formula is C15H13N3O2. The summed E-state index contributed by atoms with van der Waals surface area (Å²) in [7, 11) is 0. The zero-order valence-corrected chi connectivity index (χ0v) is 10.9. The van der Waals surface area contributed by atoms with E-state index in [1.165, 1.54) is 0 Å². The highest BCUT2D eigenvalue weighted by Gasteiger charge is 2.15. The van der Waals surface area contributed by atoms with Gasteiger partial charge in [-0.3, -0.25) is 9.20 Å². The van der Waals surface area contributed by atoms with Crippen LogP contribution < -0.4 is 0 Å². The summed E-state index contributed by atoms with van der Waals surface area (Å²) >= 11 is 0. The van der Waals surface area contributed by atoms with Gasteiger partial charge in [-0.15, -0.1) is 0 Å². The van der Waals surface area contributed by atoms with Crippen molar-refractivity contribution in [1.82, 2.24) is 14.4 Å². The Morgan fingerprint density at radius 1 is 1.30 bits per heavy atom. The summed E-state index contributed by atoms with van der Waals surface area (Å²) in [5.74, 6) is -0.875. The Hall–Kier alpha value is -2.69. The number of aliphatic carboxylic acids is 1. The van der Waals surface area contributed by atoms with Crippen LogP contribution >= 0.6 is 0 Å². The van der Waals surface area contributed by atoms with Crippen molar-refractivity contribution >= 4 is 11.6 Å². The third-order valence-corrected chi connectivity index (χ3v) is 3.24. The first-order valence-corrected chi connectivity index (χ1v) is 6.25. The van der Waals surface area contributed by atoms with E-state index in [4.69, 9.17) is 5.11 Å². The van der Waals surface area contributed by atoms with Crippen LogP contribution in [0.3, 0.4) is 0 Å². The molecule has 0 fully saturated rings. The fraction of sp³-hybridized carbons (Fsp3) is 0.133. The first kappa shape index (κ1) is 12.3. The predicted octanol–water partition coefficient (Wildman–Crippen LogP) is 2.33. The monoisotopic (exact) mass is 267 g/mol. The number of fused-ring (bicyclic) bond motifs is 1. The van der Waals surface area contributed by atoms with Crippen molar-refractivity contribution in [2.24, 2.45) is 0 Å². The lowest BCUT2D eigenvalue weighted by Crippen LogP contribution is -2.05. The smallest absolute Gasteiger partial charge is 0.309 e. The molecule has 100 valence electrons. The average Bonchev–Trinajstić information content (AvgIpc) is 2.76. The van der Waals surface area contributed by atoms with Crippen molar-refractivity contribution in [3.05, 3.63) is 54.2 Å². The number of aryl methyl sites for hydroxylation is 1. The summed E-state index contributed by atoms with van der Waals surface area (Å²) in [5.41, 5.74) is 4.03. The van der Waals surface area contributed by atoms with Gasteiger partial charge >= 0.3 is 5.97 Å². The van der Waals surface area contributed by atoms with Crippen LogP contribution in [0.15, 0.2) is 42.9 Å². The van der Waals surface area contributed by atoms with Crippen molar-refractivity contribution in [3.8, 4) is 11.1 Å². The van der Waals surface area contributed by atoms with Crippen molar-refractivity contribution in [1.29, 1.82) is 0 Å². The Bertz CT molecular complexity index is 778. The Morgan fingerprint density at radius 2 is 2.05 bits per heavy atom. The third kappa shape index (κ3) is 2.03. The second-order valence-corrected chi connectivity index (χ2v) is 4.58. The van der Waals surface area contributed by atoms with Gasteiger partial charge in [0.15, 0.2) is 0 Å². The predicted molar refractivity (Wildman–Crippen MR) is 74.5 cm³/mol. The van der Waals surface area contributed by atoms with Gasteiger partial charge in [0.2, 0.25) is 0 Å². The highest BCUT2D eigenvalue weighted by atomic mass is 16.4. The van der Waals surface area contributed by atoms with Crippen molar-refractivity contribution in [3.63, 3.8) is 0 Å². The molecule has 3 aromatic rings. The molecule has 0 amide bonds. The molecule has 0 atom stereocenters. The molecule has 0 aliphatic carbocycles. The molecule has 0 aliphatic rings. The van der Waals surface area contributed by atoms with Gasteiger partial charge in [0.05, 0.1) is 17.8 Å². The van der Waals surface area contributed by atoms with E-state index >= 15 is 0 Å². The molecule has 0 spiro atoms. The summed E-state index contributed by atoms with van der Waals surface area (Å²) in [6.07, 6.45) is 3.30. The third-order valence-electron chi connectivity index (χ3n) is 3.24. The quantitative estimate of drug-likeness (QED) is 0.790. The van der Waals surface area contributed by atoms with Crippen molar-refractivity contribution < 1.29 is 9.90 Å². The fourth-order valence-corrected chi connectivity index (χ4v) is 2.30. The fourth-order valence-electron chi connectivity index (χ4n) is 2.30. The topological polar surface area (TPSA) is 67.5 Å². The van der Waals surface area contributed by atoms with Gasteiger partial charge in [-0.1, -0.05) is 30.3 Å². The molecule has 0 bridgehead atoms. The number of hydrogen-bond acceptors (Lipinski definition) is 3.